The first-order chi connectivity index (χ1) is 29.5. The Bertz CT molecular complexity index is 1200. The van der Waals surface area contributed by atoms with Crippen molar-refractivity contribution in [2.75, 3.05) is 79.6 Å². The summed E-state index contributed by atoms with van der Waals surface area (Å²) >= 11 is 0. The maximum Gasteiger partial charge on any atom is 0.306 e. The van der Waals surface area contributed by atoms with Gasteiger partial charge in [-0.15, -0.1) is 0 Å². The quantitative estimate of drug-likeness (QED) is 0.0458. The summed E-state index contributed by atoms with van der Waals surface area (Å²) in [6.45, 7) is 1.31. The highest BCUT2D eigenvalue weighted by Crippen LogP contribution is 2.18. The molecule has 2 amide bonds. The van der Waals surface area contributed by atoms with Crippen molar-refractivity contribution in [3.05, 3.63) is 0 Å². The van der Waals surface area contributed by atoms with Crippen LogP contribution in [0, 0.1) is 5.92 Å². The van der Waals surface area contributed by atoms with Gasteiger partial charge in [0.1, 0.15) is 31.4 Å². The second kappa shape index (κ2) is 42.0. The number of nitrogens with one attached hydrogen (secondary N) is 3. The standard InChI is InChI=1S/C44H79N3O14.H2/c1-45-39(40(51)33-48)20-16-24-46-41(52)34-61-31-29-59-27-25-47-42(53)35-60-30-28-58-26-17-19-37(49)23-22-36(44(56)57)32-38(50)18-14-12-10-8-6-4-2-3-5-7-9-11-13-15-21-43(54)55;/h36,39,45,48H,2-35H2,1H3,(H,46,52)(H,47,53)(H,54,55)(H,56,57);1H/t36-,39+;/m1./s1. The number of carboxylic acid groups (broad SMARTS) is 2. The van der Waals surface area contributed by atoms with Crippen molar-refractivity contribution in [2.45, 2.75) is 154 Å². The minimum atomic E-state index is -1.05. The van der Waals surface area contributed by atoms with E-state index in [-0.39, 0.29) is 115 Å². The predicted octanol–water partition coefficient (Wildman–Crippen LogP) is 4.58. The van der Waals surface area contributed by atoms with Gasteiger partial charge in [-0.1, -0.05) is 77.0 Å². The average molecular weight is 876 g/mol. The van der Waals surface area contributed by atoms with Crippen molar-refractivity contribution >= 4 is 41.1 Å². The Morgan fingerprint density at radius 3 is 1.49 bits per heavy atom. The van der Waals surface area contributed by atoms with Crippen LogP contribution in [0.15, 0.2) is 0 Å². The van der Waals surface area contributed by atoms with Crippen molar-refractivity contribution in [2.24, 2.45) is 5.92 Å². The average Bonchev–Trinajstić information content (AvgIpc) is 3.23. The molecule has 17 heteroatoms. The van der Waals surface area contributed by atoms with Crippen molar-refractivity contribution in [3.63, 3.8) is 0 Å². The van der Waals surface area contributed by atoms with Gasteiger partial charge in [0.15, 0.2) is 5.78 Å². The van der Waals surface area contributed by atoms with Gasteiger partial charge < -0.3 is 50.2 Å². The molecule has 0 bridgehead atoms. The lowest BCUT2D eigenvalue weighted by Crippen LogP contribution is -2.37. The van der Waals surface area contributed by atoms with E-state index in [0.29, 0.717) is 38.8 Å². The van der Waals surface area contributed by atoms with E-state index >= 15 is 0 Å². The van der Waals surface area contributed by atoms with Gasteiger partial charge in [0.2, 0.25) is 11.8 Å². The summed E-state index contributed by atoms with van der Waals surface area (Å²) in [6.07, 6.45) is 18.0. The molecule has 0 aromatic carbocycles. The normalized spacial score (nSPS) is 12.2. The lowest BCUT2D eigenvalue weighted by Gasteiger charge is -2.13. The van der Waals surface area contributed by atoms with Crippen LogP contribution in [0.3, 0.4) is 0 Å². The molecule has 0 fully saturated rings. The maximum atomic E-state index is 12.4. The summed E-state index contributed by atoms with van der Waals surface area (Å²) in [6, 6.07) is -0.441. The minimum Gasteiger partial charge on any atom is -0.481 e. The van der Waals surface area contributed by atoms with Crippen molar-refractivity contribution < 1.29 is 69.3 Å². The molecule has 0 aliphatic rings. The molecule has 0 saturated carbocycles. The van der Waals surface area contributed by atoms with Crippen LogP contribution in [0.4, 0.5) is 0 Å². The predicted molar refractivity (Wildman–Crippen MR) is 231 cm³/mol. The molecule has 356 valence electrons. The van der Waals surface area contributed by atoms with Crippen LogP contribution in [0.25, 0.3) is 0 Å². The van der Waals surface area contributed by atoms with Crippen molar-refractivity contribution in [3.8, 4) is 0 Å². The van der Waals surface area contributed by atoms with Gasteiger partial charge in [-0.3, -0.25) is 33.6 Å². The Balaban J connectivity index is 0. The smallest absolute Gasteiger partial charge is 0.306 e. The summed E-state index contributed by atoms with van der Waals surface area (Å²) < 4.78 is 21.4. The van der Waals surface area contributed by atoms with E-state index in [1.807, 2.05) is 0 Å². The number of rotatable bonds is 47. The number of likely N-dealkylation sites (N-methyl/N-ethyl adjacent to an activating group) is 1. The first-order valence-corrected chi connectivity index (χ1v) is 22.6. The van der Waals surface area contributed by atoms with Gasteiger partial charge >= 0.3 is 11.9 Å². The van der Waals surface area contributed by atoms with Crippen LogP contribution >= 0.6 is 0 Å². The zero-order chi connectivity index (χ0) is 45.2. The first kappa shape index (κ1) is 57.6. The summed E-state index contributed by atoms with van der Waals surface area (Å²) in [5, 5.41) is 35.4. The van der Waals surface area contributed by atoms with E-state index in [1.165, 1.54) is 44.9 Å². The van der Waals surface area contributed by atoms with Crippen molar-refractivity contribution in [1.82, 2.24) is 16.0 Å². The third-order valence-electron chi connectivity index (χ3n) is 10.1. The van der Waals surface area contributed by atoms with Crippen molar-refractivity contribution in [1.29, 1.82) is 0 Å². The number of aliphatic hydroxyl groups excluding tert-OH is 1. The number of carbonyl (C=O) groups excluding carboxylic acids is 5. The van der Waals surface area contributed by atoms with Crippen LogP contribution in [-0.4, -0.2) is 142 Å². The van der Waals surface area contributed by atoms with Gasteiger partial charge in [0, 0.05) is 53.2 Å². The van der Waals surface area contributed by atoms with E-state index < -0.39 is 30.5 Å². The number of aliphatic hydroxyl groups is 1. The molecule has 17 nitrogen and oxygen atoms in total. The fourth-order valence-corrected chi connectivity index (χ4v) is 6.49. The van der Waals surface area contributed by atoms with Gasteiger partial charge in [0.05, 0.1) is 45.0 Å². The zero-order valence-corrected chi connectivity index (χ0v) is 37.0. The summed E-state index contributed by atoms with van der Waals surface area (Å²) in [4.78, 5) is 82.3. The SMILES string of the molecule is CN[C@@H](CCCNC(=O)COCCOCCNC(=O)COCCOCCCC(=O)CC[C@H](CC(=O)CCCCCCCCCCCCCCCCC(=O)O)C(=O)O)C(=O)CO.[HH]. The minimum absolute atomic E-state index is 0. The van der Waals surface area contributed by atoms with E-state index in [0.717, 1.165) is 44.9 Å². The fraction of sp³-hybridized carbons (Fsp3) is 0.841. The number of carboxylic acids is 2. The van der Waals surface area contributed by atoms with Crippen LogP contribution in [-0.2, 0) is 52.5 Å². The third kappa shape index (κ3) is 39.3. The number of ketones is 3. The molecule has 0 aliphatic carbocycles. The lowest BCUT2D eigenvalue weighted by atomic mass is 9.93. The number of carbonyl (C=O) groups is 7. The molecule has 0 aromatic heterocycles. The van der Waals surface area contributed by atoms with E-state index in [2.05, 4.69) is 16.0 Å². The molecule has 0 heterocycles. The molecule has 2 atom stereocenters. The molecule has 0 saturated heterocycles. The van der Waals surface area contributed by atoms with E-state index in [4.69, 9.17) is 29.2 Å². The number of unbranched alkanes of at least 4 members (excludes halogenated alkanes) is 13. The van der Waals surface area contributed by atoms with E-state index in [9.17, 15) is 38.7 Å². The lowest BCUT2D eigenvalue weighted by molar-refractivity contribution is -0.144. The monoisotopic (exact) mass is 876 g/mol. The Morgan fingerprint density at radius 2 is 0.984 bits per heavy atom. The Labute approximate surface area is 365 Å². The number of aliphatic carboxylic acids is 2. The molecule has 0 aliphatic heterocycles. The van der Waals surface area contributed by atoms with Crippen LogP contribution in [0.2, 0.25) is 0 Å². The van der Waals surface area contributed by atoms with Gasteiger partial charge in [-0.2, -0.15) is 0 Å². The summed E-state index contributed by atoms with van der Waals surface area (Å²) in [7, 11) is 1.64. The third-order valence-corrected chi connectivity index (χ3v) is 10.1. The molecule has 0 unspecified atom stereocenters. The second-order valence-electron chi connectivity index (χ2n) is 15.4. The van der Waals surface area contributed by atoms with Crippen LogP contribution in [0.5, 0.6) is 0 Å². The van der Waals surface area contributed by atoms with Gasteiger partial charge in [-0.25, -0.2) is 0 Å². The molecular weight excluding hydrogens is 794 g/mol. The first-order valence-electron chi connectivity index (χ1n) is 22.6. The highest BCUT2D eigenvalue weighted by Gasteiger charge is 2.22. The number of hydrogen-bond donors (Lipinski definition) is 6. The summed E-state index contributed by atoms with van der Waals surface area (Å²) in [5.74, 6) is -3.64. The topological polar surface area (TPSA) is 253 Å². The highest BCUT2D eigenvalue weighted by molar-refractivity contribution is 5.85. The molecule has 0 rings (SSSR count). The molecule has 0 radical (unpaired) electrons. The highest BCUT2D eigenvalue weighted by atomic mass is 16.5. The molecule has 6 N–H and O–H groups in total. The Kier molecular flexibility index (Phi) is 39.7. The number of hydrogen-bond acceptors (Lipinski definition) is 13. The van der Waals surface area contributed by atoms with Gasteiger partial charge in [-0.05, 0) is 45.6 Å². The number of amides is 2. The van der Waals surface area contributed by atoms with E-state index in [1.54, 1.807) is 7.05 Å². The van der Waals surface area contributed by atoms with Gasteiger partial charge in [0.25, 0.3) is 0 Å². The largest absolute Gasteiger partial charge is 0.481 e. The molecule has 0 spiro atoms. The number of Topliss-reactive ketones (excluding diaryl/α,β-unsaturated/α-hetero) is 3. The molecular formula is C44H81N3O14. The maximum absolute atomic E-state index is 12.4. The Hall–Kier alpha value is -3.35. The fourth-order valence-electron chi connectivity index (χ4n) is 6.49. The molecule has 61 heavy (non-hydrogen) atoms. The molecule has 0 aromatic rings. The number of ether oxygens (including phenoxy) is 4. The second-order valence-corrected chi connectivity index (χ2v) is 15.4. The zero-order valence-electron chi connectivity index (χ0n) is 37.0. The van der Waals surface area contributed by atoms with Crippen LogP contribution < -0.4 is 16.0 Å². The van der Waals surface area contributed by atoms with Crippen LogP contribution in [0.1, 0.15) is 149 Å². The summed E-state index contributed by atoms with van der Waals surface area (Å²) in [5.41, 5.74) is 0. The Morgan fingerprint density at radius 1 is 0.508 bits per heavy atom.